The summed E-state index contributed by atoms with van der Waals surface area (Å²) in [4.78, 5) is 15.6. The maximum absolute atomic E-state index is 11.4. The number of rotatable bonds is 3. The van der Waals surface area contributed by atoms with E-state index in [9.17, 15) is 4.79 Å². The number of hydrogen-bond donors (Lipinski definition) is 2. The molecule has 1 amide bonds. The van der Waals surface area contributed by atoms with Gasteiger partial charge in [-0.15, -0.1) is 0 Å². The lowest BCUT2D eigenvalue weighted by Gasteiger charge is -2.07. The third-order valence-electron chi connectivity index (χ3n) is 2.82. The Bertz CT molecular complexity index is 377. The fourth-order valence-electron chi connectivity index (χ4n) is 1.86. The predicted octanol–water partition coefficient (Wildman–Crippen LogP) is 0.142. The summed E-state index contributed by atoms with van der Waals surface area (Å²) in [5.74, 6) is 1.07. The molecule has 1 aromatic rings. The van der Waals surface area contributed by atoms with Crippen molar-refractivity contribution < 1.29 is 9.32 Å². The largest absolute Gasteiger partial charge is 0.349 e. The Labute approximate surface area is 93.8 Å². The molecule has 0 bridgehead atoms. The molecule has 2 unspecified atom stereocenters. The van der Waals surface area contributed by atoms with Crippen LogP contribution < -0.4 is 10.6 Å². The highest BCUT2D eigenvalue weighted by Crippen LogP contribution is 2.25. The molecule has 0 saturated carbocycles. The molecular weight excluding hydrogens is 208 g/mol. The molecule has 1 aliphatic heterocycles. The van der Waals surface area contributed by atoms with E-state index in [2.05, 4.69) is 27.7 Å². The lowest BCUT2D eigenvalue weighted by atomic mass is 9.98. The van der Waals surface area contributed by atoms with E-state index in [1.165, 1.54) is 0 Å². The first-order valence-corrected chi connectivity index (χ1v) is 5.55. The number of nitrogens with zero attached hydrogens (tertiary/aromatic N) is 2. The van der Waals surface area contributed by atoms with Crippen molar-refractivity contribution in [2.24, 2.45) is 5.92 Å². The number of carbonyl (C=O) groups excluding carboxylic acids is 1. The lowest BCUT2D eigenvalue weighted by Crippen LogP contribution is -2.24. The molecule has 6 nitrogen and oxygen atoms in total. The smallest absolute Gasteiger partial charge is 0.292 e. The van der Waals surface area contributed by atoms with Gasteiger partial charge in [0.25, 0.3) is 11.7 Å². The molecule has 2 atom stereocenters. The molecule has 0 spiro atoms. The zero-order valence-electron chi connectivity index (χ0n) is 9.49. The van der Waals surface area contributed by atoms with Gasteiger partial charge in [0.05, 0.1) is 5.92 Å². The van der Waals surface area contributed by atoms with Crippen LogP contribution in [-0.2, 0) is 0 Å². The van der Waals surface area contributed by atoms with Gasteiger partial charge in [-0.2, -0.15) is 4.98 Å². The second-order valence-electron chi connectivity index (χ2n) is 4.06. The van der Waals surface area contributed by atoms with Gasteiger partial charge in [-0.3, -0.25) is 4.79 Å². The van der Waals surface area contributed by atoms with E-state index in [1.54, 1.807) is 0 Å². The lowest BCUT2D eigenvalue weighted by molar-refractivity contribution is 0.0942. The van der Waals surface area contributed by atoms with Crippen LogP contribution in [-0.4, -0.2) is 35.7 Å². The van der Waals surface area contributed by atoms with Crippen LogP contribution in [0.25, 0.3) is 0 Å². The van der Waals surface area contributed by atoms with Crippen LogP contribution in [0.5, 0.6) is 0 Å². The van der Waals surface area contributed by atoms with Gasteiger partial charge >= 0.3 is 0 Å². The van der Waals surface area contributed by atoms with Gasteiger partial charge in [-0.05, 0) is 19.4 Å². The van der Waals surface area contributed by atoms with E-state index in [4.69, 9.17) is 4.52 Å². The normalized spacial score (nSPS) is 24.6. The number of aromatic nitrogens is 2. The van der Waals surface area contributed by atoms with Crippen molar-refractivity contribution in [3.63, 3.8) is 0 Å². The average Bonchev–Trinajstić information content (AvgIpc) is 2.86. The molecule has 0 aliphatic carbocycles. The monoisotopic (exact) mass is 224 g/mol. The maximum Gasteiger partial charge on any atom is 0.292 e. The average molecular weight is 224 g/mol. The van der Waals surface area contributed by atoms with Crippen molar-refractivity contribution in [2.45, 2.75) is 19.8 Å². The molecule has 2 heterocycles. The standard InChI is InChI=1S/C10H16N4O2/c1-3-12-9(15)8-13-10(16-14-8)7-5-11-4-6(7)2/h6-7,11H,3-5H2,1-2H3,(H,12,15). The first-order chi connectivity index (χ1) is 7.72. The van der Waals surface area contributed by atoms with E-state index < -0.39 is 0 Å². The predicted molar refractivity (Wildman–Crippen MR) is 57.1 cm³/mol. The van der Waals surface area contributed by atoms with Gasteiger partial charge in [-0.1, -0.05) is 12.1 Å². The van der Waals surface area contributed by atoms with Gasteiger partial charge in [0.1, 0.15) is 0 Å². The topological polar surface area (TPSA) is 80.0 Å². The zero-order valence-corrected chi connectivity index (χ0v) is 9.49. The summed E-state index contributed by atoms with van der Waals surface area (Å²) in [6, 6.07) is 0. The van der Waals surface area contributed by atoms with Crippen molar-refractivity contribution in [1.29, 1.82) is 0 Å². The summed E-state index contributed by atoms with van der Waals surface area (Å²) < 4.78 is 5.12. The zero-order chi connectivity index (χ0) is 11.5. The highest BCUT2D eigenvalue weighted by Gasteiger charge is 2.30. The molecular formula is C10H16N4O2. The fraction of sp³-hybridized carbons (Fsp3) is 0.700. The molecule has 2 rings (SSSR count). The molecule has 6 heteroatoms. The van der Waals surface area contributed by atoms with Gasteiger partial charge in [0.15, 0.2) is 0 Å². The van der Waals surface area contributed by atoms with Crippen LogP contribution in [0.3, 0.4) is 0 Å². The molecule has 0 radical (unpaired) electrons. The van der Waals surface area contributed by atoms with Crippen molar-refractivity contribution in [1.82, 2.24) is 20.8 Å². The molecule has 1 aliphatic rings. The van der Waals surface area contributed by atoms with Gasteiger partial charge in [-0.25, -0.2) is 0 Å². The summed E-state index contributed by atoms with van der Waals surface area (Å²) in [6.07, 6.45) is 0. The van der Waals surface area contributed by atoms with Crippen molar-refractivity contribution >= 4 is 5.91 Å². The third-order valence-corrected chi connectivity index (χ3v) is 2.82. The summed E-state index contributed by atoms with van der Waals surface area (Å²) in [5, 5.41) is 9.58. The van der Waals surface area contributed by atoms with Gasteiger partial charge < -0.3 is 15.2 Å². The van der Waals surface area contributed by atoms with Crippen LogP contribution in [0.4, 0.5) is 0 Å². The first kappa shape index (κ1) is 11.1. The highest BCUT2D eigenvalue weighted by molar-refractivity contribution is 5.90. The molecule has 88 valence electrons. The highest BCUT2D eigenvalue weighted by atomic mass is 16.5. The minimum absolute atomic E-state index is 0.121. The van der Waals surface area contributed by atoms with Crippen LogP contribution >= 0.6 is 0 Å². The van der Waals surface area contributed by atoms with E-state index in [-0.39, 0.29) is 17.6 Å². The Kier molecular flexibility index (Phi) is 3.19. The van der Waals surface area contributed by atoms with Crippen LogP contribution in [0.2, 0.25) is 0 Å². The Morgan fingerprint density at radius 3 is 3.06 bits per heavy atom. The van der Waals surface area contributed by atoms with Crippen LogP contribution in [0, 0.1) is 5.92 Å². The molecule has 2 N–H and O–H groups in total. The first-order valence-electron chi connectivity index (χ1n) is 5.55. The van der Waals surface area contributed by atoms with Crippen molar-refractivity contribution in [3.8, 4) is 0 Å². The van der Waals surface area contributed by atoms with E-state index in [1.807, 2.05) is 6.92 Å². The van der Waals surface area contributed by atoms with Crippen LogP contribution in [0.15, 0.2) is 4.52 Å². The quantitative estimate of drug-likeness (QED) is 0.763. The number of hydrogen-bond acceptors (Lipinski definition) is 5. The number of amides is 1. The number of nitrogens with one attached hydrogen (secondary N) is 2. The van der Waals surface area contributed by atoms with Crippen molar-refractivity contribution in [3.05, 3.63) is 11.7 Å². The van der Waals surface area contributed by atoms with E-state index in [0.717, 1.165) is 13.1 Å². The summed E-state index contributed by atoms with van der Waals surface area (Å²) in [6.45, 7) is 6.31. The SMILES string of the molecule is CCNC(=O)c1noc(C2CNCC2C)n1. The second kappa shape index (κ2) is 4.61. The Morgan fingerprint density at radius 1 is 1.62 bits per heavy atom. The van der Waals surface area contributed by atoms with Crippen molar-refractivity contribution in [2.75, 3.05) is 19.6 Å². The molecule has 1 saturated heterocycles. The van der Waals surface area contributed by atoms with Gasteiger partial charge in [0, 0.05) is 13.1 Å². The molecule has 16 heavy (non-hydrogen) atoms. The molecule has 1 fully saturated rings. The summed E-state index contributed by atoms with van der Waals surface area (Å²) >= 11 is 0. The molecule has 1 aromatic heterocycles. The third kappa shape index (κ3) is 2.06. The Hall–Kier alpha value is -1.43. The van der Waals surface area contributed by atoms with E-state index in [0.29, 0.717) is 18.4 Å². The van der Waals surface area contributed by atoms with Crippen LogP contribution in [0.1, 0.15) is 36.3 Å². The summed E-state index contributed by atoms with van der Waals surface area (Å²) in [7, 11) is 0. The minimum Gasteiger partial charge on any atom is -0.349 e. The molecule has 0 aromatic carbocycles. The maximum atomic E-state index is 11.4. The van der Waals surface area contributed by atoms with Gasteiger partial charge in [0.2, 0.25) is 5.89 Å². The Morgan fingerprint density at radius 2 is 2.44 bits per heavy atom. The number of carbonyl (C=O) groups is 1. The fourth-order valence-corrected chi connectivity index (χ4v) is 1.86. The Balaban J connectivity index is 2.10. The summed E-state index contributed by atoms with van der Waals surface area (Å²) in [5.41, 5.74) is 0. The van der Waals surface area contributed by atoms with E-state index >= 15 is 0 Å². The second-order valence-corrected chi connectivity index (χ2v) is 4.06. The minimum atomic E-state index is -0.281.